The molecule has 2 rings (SSSR count). The molecule has 0 unspecified atom stereocenters. The number of hydrogen-bond acceptors (Lipinski definition) is 4. The molecule has 0 aliphatic carbocycles. The standard InChI is InChI=1S/C16H27N3O/c1-14(2)20-13-16-6-4-15(5-7-16)12-18-8-10-19(17-3)11-9-18/h4-7,14,17H,8-13H2,1-3H3. The van der Waals surface area contributed by atoms with Crippen LogP contribution in [-0.2, 0) is 17.9 Å². The van der Waals surface area contributed by atoms with Crippen molar-refractivity contribution in [3.63, 3.8) is 0 Å². The highest BCUT2D eigenvalue weighted by Crippen LogP contribution is 2.11. The van der Waals surface area contributed by atoms with Crippen LogP contribution >= 0.6 is 0 Å². The van der Waals surface area contributed by atoms with Crippen LogP contribution in [0.2, 0.25) is 0 Å². The zero-order valence-electron chi connectivity index (χ0n) is 12.9. The van der Waals surface area contributed by atoms with Gasteiger partial charge in [0.25, 0.3) is 0 Å². The molecule has 20 heavy (non-hydrogen) atoms. The van der Waals surface area contributed by atoms with Crippen LogP contribution in [0.4, 0.5) is 0 Å². The summed E-state index contributed by atoms with van der Waals surface area (Å²) in [5.41, 5.74) is 5.85. The van der Waals surface area contributed by atoms with Gasteiger partial charge in [0, 0.05) is 32.7 Å². The maximum atomic E-state index is 5.62. The Balaban J connectivity index is 1.79. The molecule has 0 bridgehead atoms. The summed E-state index contributed by atoms with van der Waals surface area (Å²) in [4.78, 5) is 2.51. The molecule has 1 fully saturated rings. The average molecular weight is 277 g/mol. The molecule has 0 saturated carbocycles. The van der Waals surface area contributed by atoms with Gasteiger partial charge in [-0.05, 0) is 32.0 Å². The predicted molar refractivity (Wildman–Crippen MR) is 82.3 cm³/mol. The first kappa shape index (κ1) is 15.4. The lowest BCUT2D eigenvalue weighted by atomic mass is 10.1. The second-order valence-corrected chi connectivity index (χ2v) is 5.66. The fourth-order valence-corrected chi connectivity index (χ4v) is 2.39. The molecule has 1 heterocycles. The number of ether oxygens (including phenoxy) is 1. The van der Waals surface area contributed by atoms with Crippen LogP contribution in [0.5, 0.6) is 0 Å². The lowest BCUT2D eigenvalue weighted by Crippen LogP contribution is -2.50. The molecule has 0 amide bonds. The molecule has 1 N–H and O–H groups in total. The first-order valence-corrected chi connectivity index (χ1v) is 7.51. The van der Waals surface area contributed by atoms with Crippen molar-refractivity contribution in [1.29, 1.82) is 0 Å². The molecule has 1 aliphatic rings. The van der Waals surface area contributed by atoms with Gasteiger partial charge in [-0.3, -0.25) is 10.3 Å². The molecule has 1 aromatic carbocycles. The molecule has 112 valence electrons. The summed E-state index contributed by atoms with van der Waals surface area (Å²) in [7, 11) is 1.99. The third kappa shape index (κ3) is 4.87. The van der Waals surface area contributed by atoms with Crippen molar-refractivity contribution in [3.8, 4) is 0 Å². The molecule has 4 heteroatoms. The maximum Gasteiger partial charge on any atom is 0.0720 e. The third-order valence-corrected chi connectivity index (χ3v) is 3.70. The first-order valence-electron chi connectivity index (χ1n) is 7.51. The Morgan fingerprint density at radius 1 is 1.05 bits per heavy atom. The molecule has 1 saturated heterocycles. The van der Waals surface area contributed by atoms with Gasteiger partial charge < -0.3 is 4.74 Å². The lowest BCUT2D eigenvalue weighted by Gasteiger charge is -2.34. The summed E-state index contributed by atoms with van der Waals surface area (Å²) in [6, 6.07) is 8.82. The zero-order valence-corrected chi connectivity index (χ0v) is 12.9. The molecule has 1 aromatic rings. The van der Waals surface area contributed by atoms with Crippen LogP contribution in [0.15, 0.2) is 24.3 Å². The summed E-state index contributed by atoms with van der Waals surface area (Å²) in [5.74, 6) is 0. The van der Waals surface area contributed by atoms with E-state index in [1.54, 1.807) is 0 Å². The predicted octanol–water partition coefficient (Wildman–Crippen LogP) is 1.86. The number of hydrazine groups is 1. The van der Waals surface area contributed by atoms with Gasteiger partial charge in [-0.1, -0.05) is 24.3 Å². The van der Waals surface area contributed by atoms with Gasteiger partial charge in [0.2, 0.25) is 0 Å². The third-order valence-electron chi connectivity index (χ3n) is 3.70. The SMILES string of the molecule is CNN1CCN(Cc2ccc(COC(C)C)cc2)CC1. The number of benzene rings is 1. The van der Waals surface area contributed by atoms with Gasteiger partial charge in [-0.2, -0.15) is 0 Å². The van der Waals surface area contributed by atoms with E-state index in [0.29, 0.717) is 6.61 Å². The molecule has 0 spiro atoms. The van der Waals surface area contributed by atoms with E-state index in [4.69, 9.17) is 4.74 Å². The number of nitrogens with zero attached hydrogens (tertiary/aromatic N) is 2. The largest absolute Gasteiger partial charge is 0.374 e. The quantitative estimate of drug-likeness (QED) is 0.859. The van der Waals surface area contributed by atoms with E-state index < -0.39 is 0 Å². The van der Waals surface area contributed by atoms with Crippen molar-refractivity contribution in [1.82, 2.24) is 15.3 Å². The Hall–Kier alpha value is -0.940. The minimum Gasteiger partial charge on any atom is -0.374 e. The average Bonchev–Trinajstić information content (AvgIpc) is 2.47. The minimum absolute atomic E-state index is 0.290. The maximum absolute atomic E-state index is 5.62. The summed E-state index contributed by atoms with van der Waals surface area (Å²) in [6.07, 6.45) is 0.290. The molecular formula is C16H27N3O. The summed E-state index contributed by atoms with van der Waals surface area (Å²) in [5, 5.41) is 2.27. The van der Waals surface area contributed by atoms with E-state index in [9.17, 15) is 0 Å². The van der Waals surface area contributed by atoms with E-state index in [-0.39, 0.29) is 6.10 Å². The van der Waals surface area contributed by atoms with E-state index in [1.165, 1.54) is 11.1 Å². The van der Waals surface area contributed by atoms with Gasteiger partial charge in [0.05, 0.1) is 12.7 Å². The second-order valence-electron chi connectivity index (χ2n) is 5.66. The van der Waals surface area contributed by atoms with Crippen LogP contribution in [-0.4, -0.2) is 49.2 Å². The summed E-state index contributed by atoms with van der Waals surface area (Å²) >= 11 is 0. The second kappa shape index (κ2) is 7.74. The Kier molecular flexibility index (Phi) is 5.98. The number of nitrogens with one attached hydrogen (secondary N) is 1. The fourth-order valence-electron chi connectivity index (χ4n) is 2.39. The van der Waals surface area contributed by atoms with Crippen LogP contribution in [0, 0.1) is 0 Å². The van der Waals surface area contributed by atoms with E-state index in [1.807, 2.05) is 7.05 Å². The van der Waals surface area contributed by atoms with Crippen LogP contribution in [0.3, 0.4) is 0 Å². The van der Waals surface area contributed by atoms with Gasteiger partial charge >= 0.3 is 0 Å². The van der Waals surface area contributed by atoms with Crippen molar-refractivity contribution >= 4 is 0 Å². The number of piperazine rings is 1. The van der Waals surface area contributed by atoms with E-state index in [2.05, 4.69) is 53.4 Å². The Morgan fingerprint density at radius 2 is 1.65 bits per heavy atom. The van der Waals surface area contributed by atoms with Crippen LogP contribution in [0.1, 0.15) is 25.0 Å². The van der Waals surface area contributed by atoms with E-state index >= 15 is 0 Å². The van der Waals surface area contributed by atoms with Crippen LogP contribution in [0.25, 0.3) is 0 Å². The molecule has 0 atom stereocenters. The Bertz CT molecular complexity index is 383. The highest BCUT2D eigenvalue weighted by atomic mass is 16.5. The molecular weight excluding hydrogens is 250 g/mol. The highest BCUT2D eigenvalue weighted by molar-refractivity contribution is 5.22. The zero-order chi connectivity index (χ0) is 14.4. The van der Waals surface area contributed by atoms with Gasteiger partial charge in [0.1, 0.15) is 0 Å². The van der Waals surface area contributed by atoms with Gasteiger partial charge in [0.15, 0.2) is 0 Å². The number of rotatable bonds is 6. The topological polar surface area (TPSA) is 27.7 Å². The summed E-state index contributed by atoms with van der Waals surface area (Å²) in [6.45, 7) is 10.3. The molecule has 4 nitrogen and oxygen atoms in total. The molecule has 1 aliphatic heterocycles. The normalized spacial score (nSPS) is 17.8. The smallest absolute Gasteiger partial charge is 0.0720 e. The van der Waals surface area contributed by atoms with Crippen molar-refractivity contribution in [2.24, 2.45) is 0 Å². The van der Waals surface area contributed by atoms with Crippen molar-refractivity contribution < 1.29 is 4.74 Å². The minimum atomic E-state index is 0.290. The Labute approximate surface area is 122 Å². The van der Waals surface area contributed by atoms with E-state index in [0.717, 1.165) is 32.7 Å². The highest BCUT2D eigenvalue weighted by Gasteiger charge is 2.15. The van der Waals surface area contributed by atoms with Crippen molar-refractivity contribution in [2.75, 3.05) is 33.2 Å². The lowest BCUT2D eigenvalue weighted by molar-refractivity contribution is 0.0657. The summed E-state index contributed by atoms with van der Waals surface area (Å²) < 4.78 is 5.62. The Morgan fingerprint density at radius 3 is 2.20 bits per heavy atom. The van der Waals surface area contributed by atoms with Gasteiger partial charge in [-0.25, -0.2) is 5.01 Å². The van der Waals surface area contributed by atoms with Gasteiger partial charge in [-0.15, -0.1) is 0 Å². The van der Waals surface area contributed by atoms with Crippen molar-refractivity contribution in [3.05, 3.63) is 35.4 Å². The monoisotopic (exact) mass is 277 g/mol. The fraction of sp³-hybridized carbons (Fsp3) is 0.625. The molecule has 0 aromatic heterocycles. The number of hydrogen-bond donors (Lipinski definition) is 1. The molecule has 0 radical (unpaired) electrons. The first-order chi connectivity index (χ1) is 9.67. The van der Waals surface area contributed by atoms with Crippen molar-refractivity contribution in [2.45, 2.75) is 33.1 Å². The van der Waals surface area contributed by atoms with Crippen LogP contribution < -0.4 is 5.43 Å².